The zero-order chi connectivity index (χ0) is 27.4. The van der Waals surface area contributed by atoms with Crippen LogP contribution in [0.5, 0.6) is 5.75 Å². The van der Waals surface area contributed by atoms with Crippen LogP contribution in [0.25, 0.3) is 10.9 Å². The van der Waals surface area contributed by atoms with E-state index in [1.54, 1.807) is 30.3 Å². The molecule has 194 valence electrons. The molecule has 0 N–H and O–H groups in total. The van der Waals surface area contributed by atoms with Gasteiger partial charge in [-0.1, -0.05) is 48.0 Å². The fourth-order valence-corrected chi connectivity index (χ4v) is 4.12. The third-order valence-corrected chi connectivity index (χ3v) is 6.42. The normalized spacial score (nSPS) is 12.1. The van der Waals surface area contributed by atoms with E-state index in [2.05, 4.69) is 26.0 Å². The highest BCUT2D eigenvalue weighted by Gasteiger charge is 2.20. The lowest BCUT2D eigenvalue weighted by Gasteiger charge is -2.14. The molecule has 1 aromatic heterocycles. The predicted molar refractivity (Wildman–Crippen MR) is 146 cm³/mol. The van der Waals surface area contributed by atoms with Crippen molar-refractivity contribution in [2.75, 3.05) is 0 Å². The highest BCUT2D eigenvalue weighted by molar-refractivity contribution is 9.10. The van der Waals surface area contributed by atoms with Gasteiger partial charge in [-0.3, -0.25) is 25.0 Å². The first kappa shape index (κ1) is 26.6. The van der Waals surface area contributed by atoms with Crippen molar-refractivity contribution in [3.63, 3.8) is 0 Å². The van der Waals surface area contributed by atoms with Crippen LogP contribution >= 0.6 is 15.9 Å². The fourth-order valence-electron chi connectivity index (χ4n) is 3.76. The number of nitrogens with zero attached hydrogens (tertiary/aromatic N) is 5. The number of nitro benzene ring substituents is 2. The van der Waals surface area contributed by atoms with Gasteiger partial charge < -0.3 is 4.74 Å². The van der Waals surface area contributed by atoms with Crippen LogP contribution < -0.4 is 10.3 Å². The number of nitro groups is 2. The van der Waals surface area contributed by atoms with Crippen molar-refractivity contribution in [2.24, 2.45) is 5.10 Å². The molecule has 11 nitrogen and oxygen atoms in total. The Hall–Kier alpha value is -4.45. The van der Waals surface area contributed by atoms with Crippen LogP contribution in [-0.2, 0) is 6.61 Å². The van der Waals surface area contributed by atoms with Crippen molar-refractivity contribution in [3.05, 3.63) is 113 Å². The van der Waals surface area contributed by atoms with Gasteiger partial charge in [0.15, 0.2) is 0 Å². The molecule has 0 saturated carbocycles. The summed E-state index contributed by atoms with van der Waals surface area (Å²) in [6.45, 7) is 3.74. The summed E-state index contributed by atoms with van der Waals surface area (Å²) in [4.78, 5) is 39.8. The van der Waals surface area contributed by atoms with Gasteiger partial charge >= 0.3 is 5.69 Å². The number of hydrogen-bond acceptors (Lipinski definition) is 8. The second-order valence-corrected chi connectivity index (χ2v) is 9.39. The molecular formula is C26H22BrN5O6. The number of fused-ring (bicyclic) bond motifs is 1. The van der Waals surface area contributed by atoms with Gasteiger partial charge in [0, 0.05) is 34.2 Å². The molecule has 0 aliphatic rings. The SMILES string of the molecule is CC[C@@H](C)c1nc2ccc(Br)cc2c(=O)n1N=Cc1cccc([N+](=O)[O-])c1OCc1cccc([N+](=O)[O-])c1. The molecule has 1 heterocycles. The number of rotatable bonds is 9. The van der Waals surface area contributed by atoms with Crippen molar-refractivity contribution >= 4 is 44.4 Å². The summed E-state index contributed by atoms with van der Waals surface area (Å²) >= 11 is 3.38. The maximum absolute atomic E-state index is 13.4. The van der Waals surface area contributed by atoms with E-state index < -0.39 is 9.85 Å². The van der Waals surface area contributed by atoms with Crippen molar-refractivity contribution in [1.82, 2.24) is 9.66 Å². The summed E-state index contributed by atoms with van der Waals surface area (Å²) in [6, 6.07) is 15.3. The second kappa shape index (κ2) is 11.3. The summed E-state index contributed by atoms with van der Waals surface area (Å²) in [5, 5.41) is 27.6. The molecule has 0 bridgehead atoms. The molecule has 0 saturated heterocycles. The van der Waals surface area contributed by atoms with Gasteiger partial charge in [-0.2, -0.15) is 9.78 Å². The standard InChI is InChI=1S/C26H22BrN5O6/c1-3-16(2)25-29-22-11-10-19(27)13-21(22)26(33)30(25)28-14-18-7-5-9-23(32(36)37)24(18)38-15-17-6-4-8-20(12-17)31(34)35/h4-14,16H,3,15H2,1-2H3/t16-/m1/s1. The molecule has 0 aliphatic carbocycles. The van der Waals surface area contributed by atoms with E-state index in [0.29, 0.717) is 33.2 Å². The first-order valence-electron chi connectivity index (χ1n) is 11.6. The Morgan fingerprint density at radius 3 is 2.58 bits per heavy atom. The summed E-state index contributed by atoms with van der Waals surface area (Å²) in [7, 11) is 0. The number of benzene rings is 3. The van der Waals surface area contributed by atoms with Crippen molar-refractivity contribution in [3.8, 4) is 5.75 Å². The van der Waals surface area contributed by atoms with E-state index in [1.165, 1.54) is 41.2 Å². The van der Waals surface area contributed by atoms with Gasteiger partial charge in [0.1, 0.15) is 12.4 Å². The van der Waals surface area contributed by atoms with Crippen LogP contribution in [0, 0.1) is 20.2 Å². The molecule has 3 aromatic carbocycles. The van der Waals surface area contributed by atoms with Gasteiger partial charge in [-0.25, -0.2) is 4.98 Å². The summed E-state index contributed by atoms with van der Waals surface area (Å²) < 4.78 is 7.70. The number of hydrogen-bond donors (Lipinski definition) is 0. The monoisotopic (exact) mass is 579 g/mol. The van der Waals surface area contributed by atoms with Crippen molar-refractivity contribution in [2.45, 2.75) is 32.8 Å². The van der Waals surface area contributed by atoms with Crippen LogP contribution in [0.2, 0.25) is 0 Å². The van der Waals surface area contributed by atoms with Gasteiger partial charge in [0.05, 0.1) is 27.0 Å². The highest BCUT2D eigenvalue weighted by atomic mass is 79.9. The van der Waals surface area contributed by atoms with Crippen molar-refractivity contribution < 1.29 is 14.6 Å². The molecule has 0 amide bonds. The van der Waals surface area contributed by atoms with E-state index in [-0.39, 0.29) is 40.8 Å². The van der Waals surface area contributed by atoms with Crippen molar-refractivity contribution in [1.29, 1.82) is 0 Å². The second-order valence-electron chi connectivity index (χ2n) is 8.47. The molecular weight excluding hydrogens is 558 g/mol. The third kappa shape index (κ3) is 5.59. The zero-order valence-corrected chi connectivity index (χ0v) is 22.0. The van der Waals surface area contributed by atoms with E-state index in [4.69, 9.17) is 4.74 Å². The Morgan fingerprint density at radius 2 is 1.87 bits per heavy atom. The van der Waals surface area contributed by atoms with Gasteiger partial charge in [0.2, 0.25) is 5.75 Å². The van der Waals surface area contributed by atoms with E-state index >= 15 is 0 Å². The molecule has 0 fully saturated rings. The number of ether oxygens (including phenoxy) is 1. The Labute approximate surface area is 224 Å². The third-order valence-electron chi connectivity index (χ3n) is 5.92. The minimum absolute atomic E-state index is 0.0811. The molecule has 1 atom stereocenters. The van der Waals surface area contributed by atoms with E-state index in [1.807, 2.05) is 13.8 Å². The first-order valence-corrected chi connectivity index (χ1v) is 12.4. The number of halogens is 1. The lowest BCUT2D eigenvalue weighted by atomic mass is 10.1. The Kier molecular flexibility index (Phi) is 7.91. The maximum Gasteiger partial charge on any atom is 0.311 e. The molecule has 4 rings (SSSR count). The highest BCUT2D eigenvalue weighted by Crippen LogP contribution is 2.31. The molecule has 0 aliphatic heterocycles. The van der Waals surface area contributed by atoms with Gasteiger partial charge in [-0.05, 0) is 36.2 Å². The van der Waals surface area contributed by atoms with E-state index in [9.17, 15) is 25.0 Å². The topological polar surface area (TPSA) is 143 Å². The predicted octanol–water partition coefficient (Wildman–Crippen LogP) is 5.95. The van der Waals surface area contributed by atoms with Crippen LogP contribution in [0.15, 0.2) is 75.0 Å². The lowest BCUT2D eigenvalue weighted by Crippen LogP contribution is -2.23. The van der Waals surface area contributed by atoms with Crippen LogP contribution in [0.1, 0.15) is 43.1 Å². The zero-order valence-electron chi connectivity index (χ0n) is 20.4. The van der Waals surface area contributed by atoms with Crippen LogP contribution in [0.3, 0.4) is 0 Å². The smallest absolute Gasteiger partial charge is 0.311 e. The maximum atomic E-state index is 13.4. The summed E-state index contributed by atoms with van der Waals surface area (Å²) in [6.07, 6.45) is 2.02. The lowest BCUT2D eigenvalue weighted by molar-refractivity contribution is -0.386. The van der Waals surface area contributed by atoms with Gasteiger partial charge in [-0.15, -0.1) is 0 Å². The average molecular weight is 580 g/mol. The minimum atomic E-state index is -0.591. The number of para-hydroxylation sites is 1. The quantitative estimate of drug-likeness (QED) is 0.135. The first-order chi connectivity index (χ1) is 18.2. The Morgan fingerprint density at radius 1 is 1.11 bits per heavy atom. The Bertz CT molecular complexity index is 1630. The molecule has 0 unspecified atom stereocenters. The van der Waals surface area contributed by atoms with Gasteiger partial charge in [0.25, 0.3) is 11.2 Å². The molecule has 38 heavy (non-hydrogen) atoms. The number of aromatic nitrogens is 2. The molecule has 12 heteroatoms. The van der Waals surface area contributed by atoms with E-state index in [0.717, 1.165) is 0 Å². The average Bonchev–Trinajstić information content (AvgIpc) is 2.91. The van der Waals surface area contributed by atoms with Crippen LogP contribution in [-0.4, -0.2) is 25.7 Å². The Balaban J connectivity index is 1.78. The summed E-state index contributed by atoms with van der Waals surface area (Å²) in [5.74, 6) is 0.276. The molecule has 0 spiro atoms. The largest absolute Gasteiger partial charge is 0.481 e. The minimum Gasteiger partial charge on any atom is -0.481 e. The number of non-ortho nitro benzene ring substituents is 1. The van der Waals surface area contributed by atoms with Crippen LogP contribution in [0.4, 0.5) is 11.4 Å². The summed E-state index contributed by atoms with van der Waals surface area (Å²) in [5.41, 5.74) is 0.432. The molecule has 0 radical (unpaired) electrons. The molecule has 4 aromatic rings. The fraction of sp³-hybridized carbons (Fsp3) is 0.192.